The van der Waals surface area contributed by atoms with E-state index in [0.717, 1.165) is 5.56 Å². The van der Waals surface area contributed by atoms with Gasteiger partial charge in [0.1, 0.15) is 5.82 Å². The van der Waals surface area contributed by atoms with Crippen molar-refractivity contribution < 1.29 is 12.8 Å². The van der Waals surface area contributed by atoms with Crippen LogP contribution in [0.3, 0.4) is 0 Å². The number of nitrogens with zero attached hydrogens (tertiary/aromatic N) is 4. The van der Waals surface area contributed by atoms with E-state index in [0.29, 0.717) is 48.1 Å². The zero-order valence-electron chi connectivity index (χ0n) is 19.0. The van der Waals surface area contributed by atoms with Crippen molar-refractivity contribution >= 4 is 27.3 Å². The van der Waals surface area contributed by atoms with E-state index in [1.54, 1.807) is 56.4 Å². The first-order valence-corrected chi connectivity index (χ1v) is 12.9. The first-order valence-electron chi connectivity index (χ1n) is 11.0. The second kappa shape index (κ2) is 9.85. The van der Waals surface area contributed by atoms with Crippen LogP contribution >= 0.6 is 11.6 Å². The Hall–Kier alpha value is -2.75. The highest BCUT2D eigenvalue weighted by molar-refractivity contribution is 7.89. The molecule has 0 unspecified atom stereocenters. The number of aromatic nitrogens is 2. The zero-order valence-corrected chi connectivity index (χ0v) is 20.6. The topological polar surface area (TPSA) is 75.5 Å². The molecule has 0 aliphatic carbocycles. The summed E-state index contributed by atoms with van der Waals surface area (Å²) in [5, 5.41) is 4.38. The Morgan fingerprint density at radius 2 is 1.74 bits per heavy atom. The van der Waals surface area contributed by atoms with Crippen molar-refractivity contribution in [3.05, 3.63) is 87.0 Å². The highest BCUT2D eigenvalue weighted by Crippen LogP contribution is 2.24. The van der Waals surface area contributed by atoms with Crippen LogP contribution in [0.2, 0.25) is 5.02 Å². The lowest BCUT2D eigenvalue weighted by Gasteiger charge is -2.36. The minimum Gasteiger partial charge on any atom is -0.367 e. The van der Waals surface area contributed by atoms with E-state index in [4.69, 9.17) is 11.6 Å². The summed E-state index contributed by atoms with van der Waals surface area (Å²) in [6.45, 7) is 4.86. The maximum Gasteiger partial charge on any atom is 0.277 e. The van der Waals surface area contributed by atoms with E-state index in [-0.39, 0.29) is 17.8 Å². The van der Waals surface area contributed by atoms with Gasteiger partial charge < -0.3 is 4.90 Å². The van der Waals surface area contributed by atoms with Crippen LogP contribution in [0.4, 0.5) is 10.1 Å². The second-order valence-electron chi connectivity index (χ2n) is 8.49. The number of piperazine rings is 1. The van der Waals surface area contributed by atoms with Crippen molar-refractivity contribution in [3.8, 4) is 5.69 Å². The molecule has 0 atom stereocenters. The number of rotatable bonds is 6. The Labute approximate surface area is 203 Å². The summed E-state index contributed by atoms with van der Waals surface area (Å²) in [6.07, 6.45) is 1.91. The van der Waals surface area contributed by atoms with Gasteiger partial charge in [-0.25, -0.2) is 12.8 Å². The number of halogens is 2. The third-order valence-corrected chi connectivity index (χ3v) is 8.45. The summed E-state index contributed by atoms with van der Waals surface area (Å²) in [5.41, 5.74) is 2.17. The molecule has 0 saturated carbocycles. The first-order chi connectivity index (χ1) is 16.2. The Morgan fingerprint density at radius 1 is 1.06 bits per heavy atom. The first kappa shape index (κ1) is 24.4. The summed E-state index contributed by atoms with van der Waals surface area (Å²) in [6, 6.07) is 12.9. The smallest absolute Gasteiger partial charge is 0.277 e. The minimum atomic E-state index is -3.35. The van der Waals surface area contributed by atoms with Crippen molar-refractivity contribution in [3.63, 3.8) is 0 Å². The van der Waals surface area contributed by atoms with Gasteiger partial charge in [0.15, 0.2) is 0 Å². The molecule has 1 aliphatic rings. The van der Waals surface area contributed by atoms with Gasteiger partial charge in [0, 0.05) is 43.2 Å². The highest BCUT2D eigenvalue weighted by atomic mass is 35.5. The lowest BCUT2D eigenvalue weighted by molar-refractivity contribution is 0.380. The average molecular weight is 505 g/mol. The molecule has 1 aromatic heterocycles. The monoisotopic (exact) mass is 504 g/mol. The van der Waals surface area contributed by atoms with Crippen LogP contribution in [0.15, 0.2) is 59.5 Å². The Morgan fingerprint density at radius 3 is 2.35 bits per heavy atom. The van der Waals surface area contributed by atoms with Gasteiger partial charge in [-0.15, -0.1) is 0 Å². The molecule has 1 saturated heterocycles. The van der Waals surface area contributed by atoms with Gasteiger partial charge in [0.25, 0.3) is 5.56 Å². The summed E-state index contributed by atoms with van der Waals surface area (Å²) in [7, 11) is -3.35. The average Bonchev–Trinajstić information content (AvgIpc) is 2.81. The summed E-state index contributed by atoms with van der Waals surface area (Å²) < 4.78 is 41.3. The molecule has 1 fully saturated rings. The molecule has 7 nitrogen and oxygen atoms in total. The maximum absolute atomic E-state index is 13.6. The van der Waals surface area contributed by atoms with Crippen LogP contribution in [0.25, 0.3) is 5.69 Å². The standard InChI is InChI=1S/C24H26ClFN4O3S/c1-17(2)34(32,33)29-12-10-28(11-13-29)23-16-27-30(21-5-3-4-19(25)15-21)24(31)22(23)14-18-6-8-20(26)9-7-18/h3-9,15-17H,10-14H2,1-2H3. The van der Waals surface area contributed by atoms with Crippen molar-refractivity contribution in [1.82, 2.24) is 14.1 Å². The number of anilines is 1. The van der Waals surface area contributed by atoms with E-state index in [1.807, 2.05) is 4.90 Å². The van der Waals surface area contributed by atoms with Gasteiger partial charge in [-0.3, -0.25) is 4.79 Å². The van der Waals surface area contributed by atoms with Crippen LogP contribution in [0.1, 0.15) is 25.0 Å². The van der Waals surface area contributed by atoms with Crippen LogP contribution < -0.4 is 10.5 Å². The third-order valence-electron chi connectivity index (χ3n) is 5.94. The van der Waals surface area contributed by atoms with Crippen LogP contribution in [0.5, 0.6) is 0 Å². The molecule has 1 aliphatic heterocycles. The molecule has 34 heavy (non-hydrogen) atoms. The largest absolute Gasteiger partial charge is 0.367 e. The molecule has 3 aromatic rings. The molecule has 0 N–H and O–H groups in total. The van der Waals surface area contributed by atoms with E-state index in [9.17, 15) is 17.6 Å². The molecular weight excluding hydrogens is 479 g/mol. The lowest BCUT2D eigenvalue weighted by Crippen LogP contribution is -2.51. The molecule has 2 aromatic carbocycles. The maximum atomic E-state index is 13.6. The van der Waals surface area contributed by atoms with E-state index < -0.39 is 15.3 Å². The predicted molar refractivity (Wildman–Crippen MR) is 132 cm³/mol. The minimum absolute atomic E-state index is 0.280. The Balaban J connectivity index is 1.71. The van der Waals surface area contributed by atoms with Gasteiger partial charge in [-0.1, -0.05) is 29.8 Å². The number of benzene rings is 2. The lowest BCUT2D eigenvalue weighted by atomic mass is 10.0. The number of hydrogen-bond acceptors (Lipinski definition) is 5. The normalized spacial score (nSPS) is 15.1. The van der Waals surface area contributed by atoms with Crippen molar-refractivity contribution in [2.24, 2.45) is 0 Å². The molecule has 0 amide bonds. The SMILES string of the molecule is CC(C)S(=O)(=O)N1CCN(c2cnn(-c3cccc(Cl)c3)c(=O)c2Cc2ccc(F)cc2)CC1. The van der Waals surface area contributed by atoms with Gasteiger partial charge >= 0.3 is 0 Å². The zero-order chi connectivity index (χ0) is 24.5. The second-order valence-corrected chi connectivity index (χ2v) is 11.4. The number of sulfonamides is 1. The van der Waals surface area contributed by atoms with Gasteiger partial charge in [0.05, 0.1) is 22.8 Å². The molecule has 180 valence electrons. The fourth-order valence-corrected chi connectivity index (χ4v) is 5.45. The van der Waals surface area contributed by atoms with E-state index in [1.165, 1.54) is 21.1 Å². The van der Waals surface area contributed by atoms with Gasteiger partial charge in [0.2, 0.25) is 10.0 Å². The van der Waals surface area contributed by atoms with E-state index >= 15 is 0 Å². The quantitative estimate of drug-likeness (QED) is 0.514. The van der Waals surface area contributed by atoms with Crippen molar-refractivity contribution in [2.45, 2.75) is 25.5 Å². The molecule has 0 radical (unpaired) electrons. The van der Waals surface area contributed by atoms with Gasteiger partial charge in [-0.2, -0.15) is 14.1 Å². The molecular formula is C24H26ClFN4O3S. The summed E-state index contributed by atoms with van der Waals surface area (Å²) in [5.74, 6) is -0.350. The number of hydrogen-bond donors (Lipinski definition) is 0. The van der Waals surface area contributed by atoms with E-state index in [2.05, 4.69) is 5.10 Å². The Bertz CT molecular complexity index is 1340. The summed E-state index contributed by atoms with van der Waals surface area (Å²) >= 11 is 6.12. The molecule has 10 heteroatoms. The molecule has 2 heterocycles. The fraction of sp³-hybridized carbons (Fsp3) is 0.333. The fourth-order valence-electron chi connectivity index (χ4n) is 4.00. The third kappa shape index (κ3) is 5.01. The van der Waals surface area contributed by atoms with Crippen LogP contribution in [-0.2, 0) is 16.4 Å². The van der Waals surface area contributed by atoms with Crippen molar-refractivity contribution in [2.75, 3.05) is 31.1 Å². The molecule has 0 bridgehead atoms. The van der Waals surface area contributed by atoms with Gasteiger partial charge in [-0.05, 0) is 49.7 Å². The Kier molecular flexibility index (Phi) is 7.06. The van der Waals surface area contributed by atoms with Crippen LogP contribution in [0, 0.1) is 5.82 Å². The van der Waals surface area contributed by atoms with Crippen LogP contribution in [-0.4, -0.2) is 53.9 Å². The predicted octanol–water partition coefficient (Wildman–Crippen LogP) is 3.48. The summed E-state index contributed by atoms with van der Waals surface area (Å²) in [4.78, 5) is 15.6. The highest BCUT2D eigenvalue weighted by Gasteiger charge is 2.30. The van der Waals surface area contributed by atoms with Crippen molar-refractivity contribution in [1.29, 1.82) is 0 Å². The molecule has 0 spiro atoms. The molecule has 4 rings (SSSR count).